The van der Waals surface area contributed by atoms with Gasteiger partial charge in [0.1, 0.15) is 0 Å². The Morgan fingerprint density at radius 2 is 1.14 bits per heavy atom. The fourth-order valence-electron chi connectivity index (χ4n) is 6.04. The van der Waals surface area contributed by atoms with Gasteiger partial charge in [-0.25, -0.2) is 0 Å². The molecule has 0 saturated heterocycles. The van der Waals surface area contributed by atoms with E-state index in [1.807, 2.05) is 0 Å². The summed E-state index contributed by atoms with van der Waals surface area (Å²) in [4.78, 5) is 0. The molecule has 1 heterocycles. The Kier molecular flexibility index (Phi) is 4.15. The fourth-order valence-corrected chi connectivity index (χ4v) is 6.62. The highest BCUT2D eigenvalue weighted by Crippen LogP contribution is 2.43. The third-order valence-corrected chi connectivity index (χ3v) is 8.23. The van der Waals surface area contributed by atoms with Crippen LogP contribution in [-0.2, 0) is 0 Å². The second-order valence-corrected chi connectivity index (χ2v) is 10.4. The van der Waals surface area contributed by atoms with Gasteiger partial charge in [-0.05, 0) is 85.9 Å². The van der Waals surface area contributed by atoms with Gasteiger partial charge >= 0.3 is 0 Å². The molecule has 0 bridgehead atoms. The zero-order valence-corrected chi connectivity index (χ0v) is 21.0. The molecule has 1 nitrogen and oxygen atoms in total. The van der Waals surface area contributed by atoms with Crippen molar-refractivity contribution in [1.82, 2.24) is 4.57 Å². The van der Waals surface area contributed by atoms with Crippen molar-refractivity contribution in [3.8, 4) is 16.8 Å². The highest BCUT2D eigenvalue weighted by molar-refractivity contribution is 9.10. The Hall–Kier alpha value is -4.14. The van der Waals surface area contributed by atoms with E-state index in [9.17, 15) is 0 Å². The van der Waals surface area contributed by atoms with Gasteiger partial charge in [0.25, 0.3) is 0 Å². The number of hydrogen-bond acceptors (Lipinski definition) is 0. The summed E-state index contributed by atoms with van der Waals surface area (Å²) in [5.74, 6) is 0. The average Bonchev–Trinajstić information content (AvgIpc) is 3.26. The van der Waals surface area contributed by atoms with Crippen molar-refractivity contribution in [3.63, 3.8) is 0 Å². The predicted octanol–water partition coefficient (Wildman–Crippen LogP) is 10.1. The number of fused-ring (bicyclic) bond motifs is 3. The van der Waals surface area contributed by atoms with Gasteiger partial charge < -0.3 is 4.57 Å². The molecule has 168 valence electrons. The molecule has 8 aromatic rings. The lowest BCUT2D eigenvalue weighted by molar-refractivity contribution is 1.18. The monoisotopic (exact) mass is 521 g/mol. The molecule has 0 amide bonds. The molecule has 8 rings (SSSR count). The molecule has 7 aromatic carbocycles. The van der Waals surface area contributed by atoms with E-state index in [1.165, 1.54) is 70.9 Å². The first kappa shape index (κ1) is 20.1. The highest BCUT2D eigenvalue weighted by Gasteiger charge is 2.17. The molecular weight excluding hydrogens is 502 g/mol. The summed E-state index contributed by atoms with van der Waals surface area (Å²) >= 11 is 3.81. The van der Waals surface area contributed by atoms with Gasteiger partial charge in [-0.2, -0.15) is 0 Å². The molecular formula is C34H20BrN. The van der Waals surface area contributed by atoms with Gasteiger partial charge in [-0.15, -0.1) is 0 Å². The molecule has 0 saturated carbocycles. The number of benzene rings is 7. The number of para-hydroxylation sites is 2. The number of halogens is 1. The number of aromatic nitrogens is 1. The van der Waals surface area contributed by atoms with Crippen molar-refractivity contribution in [2.45, 2.75) is 0 Å². The van der Waals surface area contributed by atoms with Crippen LogP contribution in [-0.4, -0.2) is 4.57 Å². The number of hydrogen-bond donors (Lipinski definition) is 0. The molecule has 0 aliphatic carbocycles. The van der Waals surface area contributed by atoms with Crippen LogP contribution in [0.1, 0.15) is 0 Å². The SMILES string of the molecule is Brc1cc2cccc3c(-c4ccc5c(c4)c4ccccc4n5-c4ccccc4)cc4cccc1c4c23. The Balaban J connectivity index is 1.48. The minimum Gasteiger partial charge on any atom is -0.309 e. The Labute approximate surface area is 216 Å². The van der Waals surface area contributed by atoms with Crippen LogP contribution in [0.15, 0.2) is 126 Å². The van der Waals surface area contributed by atoms with Crippen molar-refractivity contribution >= 4 is 70.1 Å². The van der Waals surface area contributed by atoms with Crippen molar-refractivity contribution < 1.29 is 0 Å². The predicted molar refractivity (Wildman–Crippen MR) is 158 cm³/mol. The van der Waals surface area contributed by atoms with Crippen molar-refractivity contribution in [3.05, 3.63) is 126 Å². The molecule has 36 heavy (non-hydrogen) atoms. The van der Waals surface area contributed by atoms with Crippen LogP contribution in [0.4, 0.5) is 0 Å². The van der Waals surface area contributed by atoms with Gasteiger partial charge in [-0.1, -0.05) is 94.8 Å². The first-order valence-electron chi connectivity index (χ1n) is 12.2. The Bertz CT molecular complexity index is 2100. The second-order valence-electron chi connectivity index (χ2n) is 9.51. The number of nitrogens with zero attached hydrogens (tertiary/aromatic N) is 1. The molecule has 0 aliphatic rings. The van der Waals surface area contributed by atoms with Crippen LogP contribution in [0.5, 0.6) is 0 Å². The average molecular weight is 522 g/mol. The summed E-state index contributed by atoms with van der Waals surface area (Å²) in [6.07, 6.45) is 0. The second kappa shape index (κ2) is 7.43. The van der Waals surface area contributed by atoms with E-state index in [1.54, 1.807) is 0 Å². The summed E-state index contributed by atoms with van der Waals surface area (Å²) in [5, 5.41) is 10.3. The van der Waals surface area contributed by atoms with E-state index in [0.29, 0.717) is 0 Å². The van der Waals surface area contributed by atoms with Crippen LogP contribution in [0, 0.1) is 0 Å². The van der Waals surface area contributed by atoms with E-state index < -0.39 is 0 Å². The minimum absolute atomic E-state index is 1.15. The number of rotatable bonds is 2. The lowest BCUT2D eigenvalue weighted by Crippen LogP contribution is -1.93. The van der Waals surface area contributed by atoms with Gasteiger partial charge in [-0.3, -0.25) is 0 Å². The molecule has 0 radical (unpaired) electrons. The molecule has 0 aliphatic heterocycles. The van der Waals surface area contributed by atoms with Crippen LogP contribution in [0.25, 0.3) is 70.9 Å². The van der Waals surface area contributed by atoms with E-state index in [-0.39, 0.29) is 0 Å². The van der Waals surface area contributed by atoms with Crippen LogP contribution in [0.2, 0.25) is 0 Å². The third-order valence-electron chi connectivity index (χ3n) is 7.57. The van der Waals surface area contributed by atoms with Crippen molar-refractivity contribution in [1.29, 1.82) is 0 Å². The maximum absolute atomic E-state index is 3.81. The topological polar surface area (TPSA) is 4.93 Å². The normalized spacial score (nSPS) is 12.0. The molecule has 0 spiro atoms. The minimum atomic E-state index is 1.15. The van der Waals surface area contributed by atoms with Crippen molar-refractivity contribution in [2.24, 2.45) is 0 Å². The fraction of sp³-hybridized carbons (Fsp3) is 0. The van der Waals surface area contributed by atoms with E-state index in [2.05, 4.69) is 142 Å². The van der Waals surface area contributed by atoms with E-state index in [0.717, 1.165) is 4.47 Å². The lowest BCUT2D eigenvalue weighted by Gasteiger charge is -2.16. The van der Waals surface area contributed by atoms with Gasteiger partial charge in [0.2, 0.25) is 0 Å². The quantitative estimate of drug-likeness (QED) is 0.199. The highest BCUT2D eigenvalue weighted by atomic mass is 79.9. The summed E-state index contributed by atoms with van der Waals surface area (Å²) in [7, 11) is 0. The maximum atomic E-state index is 3.81. The standard InChI is InChI=1S/C34H20BrN/c35-30-20-23-9-6-13-26-28(19-22-8-7-14-27(30)34(22)33(23)26)21-16-17-32-29(18-21)25-12-4-5-15-31(25)36(32)24-10-2-1-3-11-24/h1-20H. The summed E-state index contributed by atoms with van der Waals surface area (Å²) in [5.41, 5.74) is 6.17. The third kappa shape index (κ3) is 2.71. The van der Waals surface area contributed by atoms with E-state index in [4.69, 9.17) is 0 Å². The maximum Gasteiger partial charge on any atom is 0.0541 e. The van der Waals surface area contributed by atoms with Crippen LogP contribution < -0.4 is 0 Å². The molecule has 0 N–H and O–H groups in total. The summed E-state index contributed by atoms with van der Waals surface area (Å²) in [6, 6.07) is 44.2. The summed E-state index contributed by atoms with van der Waals surface area (Å²) in [6.45, 7) is 0. The largest absolute Gasteiger partial charge is 0.309 e. The van der Waals surface area contributed by atoms with Crippen LogP contribution >= 0.6 is 15.9 Å². The summed E-state index contributed by atoms with van der Waals surface area (Å²) < 4.78 is 3.52. The molecule has 0 fully saturated rings. The van der Waals surface area contributed by atoms with Gasteiger partial charge in [0, 0.05) is 20.9 Å². The first-order chi connectivity index (χ1) is 17.8. The first-order valence-corrected chi connectivity index (χ1v) is 13.0. The van der Waals surface area contributed by atoms with Gasteiger partial charge in [0.05, 0.1) is 11.0 Å². The van der Waals surface area contributed by atoms with Gasteiger partial charge in [0.15, 0.2) is 0 Å². The Morgan fingerprint density at radius 1 is 0.472 bits per heavy atom. The molecule has 0 unspecified atom stereocenters. The molecule has 2 heteroatoms. The smallest absolute Gasteiger partial charge is 0.0541 e. The lowest BCUT2D eigenvalue weighted by atomic mass is 9.89. The zero-order valence-electron chi connectivity index (χ0n) is 19.4. The molecule has 1 aromatic heterocycles. The van der Waals surface area contributed by atoms with E-state index >= 15 is 0 Å². The zero-order chi connectivity index (χ0) is 23.8. The van der Waals surface area contributed by atoms with Crippen molar-refractivity contribution in [2.75, 3.05) is 0 Å². The Morgan fingerprint density at radius 3 is 2.00 bits per heavy atom. The van der Waals surface area contributed by atoms with Crippen LogP contribution in [0.3, 0.4) is 0 Å². The molecule has 0 atom stereocenters.